The summed E-state index contributed by atoms with van der Waals surface area (Å²) < 4.78 is 90.9. The van der Waals surface area contributed by atoms with Gasteiger partial charge in [-0.25, -0.2) is 47.9 Å². The zero-order valence-corrected chi connectivity index (χ0v) is 62.0. The van der Waals surface area contributed by atoms with Gasteiger partial charge in [0.1, 0.15) is 57.4 Å². The van der Waals surface area contributed by atoms with Crippen molar-refractivity contribution in [2.45, 2.75) is 26.4 Å². The largest absolute Gasteiger partial charge is 0.454 e. The third kappa shape index (κ3) is 22.9. The Hall–Kier alpha value is -15.3. The third-order valence-electron chi connectivity index (χ3n) is 15.9. The first-order chi connectivity index (χ1) is 56.7. The summed E-state index contributed by atoms with van der Waals surface area (Å²) in [5.41, 5.74) is 5.84. The molecule has 0 N–H and O–H groups in total. The maximum Gasteiger partial charge on any atom is 0.340 e. The second-order valence-corrected chi connectivity index (χ2v) is 25.0. The normalized spacial score (nSPS) is 10.5. The van der Waals surface area contributed by atoms with Crippen LogP contribution in [-0.4, -0.2) is 64.4 Å². The monoisotopic (exact) mass is 1590 g/mol. The molecule has 0 spiro atoms. The molecule has 0 amide bonds. The Morgan fingerprint density at radius 3 is 0.905 bits per heavy atom. The van der Waals surface area contributed by atoms with E-state index in [-0.39, 0.29) is 43.4 Å². The summed E-state index contributed by atoms with van der Waals surface area (Å²) in [6.45, 7) is -0.321. The van der Waals surface area contributed by atoms with Gasteiger partial charge in [-0.3, -0.25) is 0 Å². The average molecular weight is 1590 g/mol. The Morgan fingerprint density at radius 2 is 0.586 bits per heavy atom. The Balaban J connectivity index is 0.000000135. The van der Waals surface area contributed by atoms with Gasteiger partial charge in [-0.1, -0.05) is 159 Å². The SMILES string of the molecule is O=C(OCc1cc(-c2ccc(Cl)cc2)no1)c1ccc(Oc2ccccc2)nc1.O=C(OCc1cc(-c2ccc(F)cc2)no1)c1ccc(Oc2ccccc2)nc1.O=C(OCc1cc(-c2ccccc2Cl)no1)c1ccc(Oc2ccccc2)nc1.O=C(OCc1cc(-c2ccccc2F)no1)c1ccc(Oc2ccccc2)nc1. The van der Waals surface area contributed by atoms with Gasteiger partial charge >= 0.3 is 23.9 Å². The van der Waals surface area contributed by atoms with Crippen LogP contribution >= 0.6 is 23.2 Å². The molecule has 8 aromatic heterocycles. The standard InChI is InChI=1S/2C22H15ClN2O4.2C22H15FN2O4/c23-19-9-5-4-8-18(19)20-12-17(29-25-20)14-27-22(26)15-10-11-21(24-13-15)28-16-6-2-1-3-7-16;23-17-9-6-15(7-10-17)20-12-19(29-25-20)14-27-22(26)16-8-11-21(24-13-16)28-18-4-2-1-3-5-18;23-19-9-5-4-8-18(19)20-12-17(29-25-20)14-27-22(26)15-10-11-21(24-13-15)28-16-6-2-1-3-7-16;23-17-9-6-15(7-10-17)20-12-19(29-25-20)14-27-22(26)16-8-11-21(24-13-16)28-18-4-2-1-3-5-18/h4*1-13H,14H2. The average Bonchev–Trinajstić information content (AvgIpc) is 1.69. The zero-order valence-electron chi connectivity index (χ0n) is 60.5. The predicted octanol–water partition coefficient (Wildman–Crippen LogP) is 21.1. The van der Waals surface area contributed by atoms with Crippen molar-refractivity contribution in [3.8, 4) is 91.5 Å². The molecule has 0 radical (unpaired) electrons. The molecule has 28 heteroatoms. The van der Waals surface area contributed by atoms with E-state index >= 15 is 0 Å². The summed E-state index contributed by atoms with van der Waals surface area (Å²) in [7, 11) is 0. The summed E-state index contributed by atoms with van der Waals surface area (Å²) in [6, 6.07) is 82.7. The Labute approximate surface area is 668 Å². The summed E-state index contributed by atoms with van der Waals surface area (Å²) in [6.07, 6.45) is 5.55. The number of benzene rings is 8. The molecule has 0 fully saturated rings. The number of carbonyl (C=O) groups excluding carboxylic acids is 4. The second-order valence-electron chi connectivity index (χ2n) is 24.2. The molecule has 24 nitrogen and oxygen atoms in total. The van der Waals surface area contributed by atoms with Crippen molar-refractivity contribution < 1.29 is 83.9 Å². The highest BCUT2D eigenvalue weighted by Gasteiger charge is 2.19. The Morgan fingerprint density at radius 1 is 0.302 bits per heavy atom. The highest BCUT2D eigenvalue weighted by molar-refractivity contribution is 6.33. The van der Waals surface area contributed by atoms with Gasteiger partial charge in [0.25, 0.3) is 0 Å². The third-order valence-corrected chi connectivity index (χ3v) is 16.5. The van der Waals surface area contributed by atoms with Crippen LogP contribution < -0.4 is 18.9 Å². The lowest BCUT2D eigenvalue weighted by molar-refractivity contribution is 0.0429. The summed E-state index contributed by atoms with van der Waals surface area (Å²) in [5.74, 6) is 2.70. The molecule has 0 unspecified atom stereocenters. The van der Waals surface area contributed by atoms with Crippen molar-refractivity contribution >= 4 is 47.1 Å². The number of hydrogen-bond acceptors (Lipinski definition) is 24. The number of halogens is 4. The molecular weight excluding hydrogens is 1530 g/mol. The molecule has 8 heterocycles. The van der Waals surface area contributed by atoms with Crippen molar-refractivity contribution in [2.24, 2.45) is 0 Å². The number of rotatable bonds is 24. The van der Waals surface area contributed by atoms with Crippen LogP contribution in [0.5, 0.6) is 46.5 Å². The van der Waals surface area contributed by atoms with Crippen LogP contribution in [0.4, 0.5) is 8.78 Å². The van der Waals surface area contributed by atoms with Crippen molar-refractivity contribution in [1.82, 2.24) is 40.6 Å². The first-order valence-electron chi connectivity index (χ1n) is 35.0. The van der Waals surface area contributed by atoms with Crippen LogP contribution in [0.2, 0.25) is 10.0 Å². The summed E-state index contributed by atoms with van der Waals surface area (Å²) in [4.78, 5) is 65.3. The molecule has 16 aromatic rings. The molecule has 0 atom stereocenters. The molecule has 0 aliphatic rings. The fourth-order valence-electron chi connectivity index (χ4n) is 10.2. The van der Waals surface area contributed by atoms with Crippen LogP contribution in [0.15, 0.2) is 334 Å². The highest BCUT2D eigenvalue weighted by atomic mass is 35.5. The Bertz CT molecular complexity index is 5500. The van der Waals surface area contributed by atoms with Gasteiger partial charge in [-0.15, -0.1) is 0 Å². The van der Waals surface area contributed by atoms with Gasteiger partial charge in [0, 0.05) is 101 Å². The summed E-state index contributed by atoms with van der Waals surface area (Å²) >= 11 is 12.0. The molecule has 0 saturated heterocycles. The lowest BCUT2D eigenvalue weighted by atomic mass is 10.1. The number of nitrogens with zero attached hydrogens (tertiary/aromatic N) is 8. The number of hydrogen-bond donors (Lipinski definition) is 0. The van der Waals surface area contributed by atoms with Gasteiger partial charge < -0.3 is 56.0 Å². The van der Waals surface area contributed by atoms with Gasteiger partial charge in [-0.05, 0) is 127 Å². The van der Waals surface area contributed by atoms with Gasteiger partial charge in [0.05, 0.1) is 27.3 Å². The second kappa shape index (κ2) is 39.6. The van der Waals surface area contributed by atoms with E-state index in [1.165, 1.54) is 49.1 Å². The minimum atomic E-state index is -0.576. The van der Waals surface area contributed by atoms with Crippen molar-refractivity contribution in [1.29, 1.82) is 0 Å². The Kier molecular flexibility index (Phi) is 26.9. The topological polar surface area (TPSA) is 298 Å². The van der Waals surface area contributed by atoms with Crippen LogP contribution in [-0.2, 0) is 45.4 Å². The van der Waals surface area contributed by atoms with E-state index in [0.717, 1.165) is 11.1 Å². The van der Waals surface area contributed by atoms with Crippen LogP contribution in [0.3, 0.4) is 0 Å². The maximum atomic E-state index is 13.8. The molecule has 0 saturated carbocycles. The predicted molar refractivity (Wildman–Crippen MR) is 417 cm³/mol. The molecule has 576 valence electrons. The molecule has 0 bridgehead atoms. The molecule has 8 aromatic carbocycles. The number of pyridine rings is 4. The van der Waals surface area contributed by atoms with Crippen LogP contribution in [0.1, 0.15) is 64.5 Å². The van der Waals surface area contributed by atoms with E-state index in [9.17, 15) is 28.0 Å². The molecule has 0 aliphatic carbocycles. The smallest absolute Gasteiger partial charge is 0.340 e. The fourth-order valence-corrected chi connectivity index (χ4v) is 10.6. The van der Waals surface area contributed by atoms with E-state index in [0.29, 0.717) is 125 Å². The van der Waals surface area contributed by atoms with Crippen molar-refractivity contribution in [3.63, 3.8) is 0 Å². The first kappa shape index (κ1) is 78.8. The summed E-state index contributed by atoms with van der Waals surface area (Å²) in [5, 5.41) is 16.9. The lowest BCUT2D eigenvalue weighted by Gasteiger charge is -2.05. The van der Waals surface area contributed by atoms with Gasteiger partial charge in [0.2, 0.25) is 23.5 Å². The highest BCUT2D eigenvalue weighted by Crippen LogP contribution is 2.31. The van der Waals surface area contributed by atoms with E-state index in [1.807, 2.05) is 127 Å². The first-order valence-corrected chi connectivity index (χ1v) is 35.8. The van der Waals surface area contributed by atoms with Crippen molar-refractivity contribution in [2.75, 3.05) is 0 Å². The van der Waals surface area contributed by atoms with Gasteiger partial charge in [-0.2, -0.15) is 0 Å². The maximum absolute atomic E-state index is 13.8. The molecule has 0 aliphatic heterocycles. The van der Waals surface area contributed by atoms with E-state index in [4.69, 9.17) is 79.2 Å². The van der Waals surface area contributed by atoms with Crippen LogP contribution in [0, 0.1) is 11.6 Å². The number of carbonyl (C=O) groups is 4. The zero-order chi connectivity index (χ0) is 80.2. The molecular formula is C88H60Cl2F2N8O16. The number of para-hydroxylation sites is 4. The van der Waals surface area contributed by atoms with Crippen molar-refractivity contribution in [3.05, 3.63) is 383 Å². The lowest BCUT2D eigenvalue weighted by Crippen LogP contribution is -2.05. The molecule has 116 heavy (non-hydrogen) atoms. The van der Waals surface area contributed by atoms with E-state index in [1.54, 1.807) is 140 Å². The number of ether oxygens (including phenoxy) is 8. The number of aromatic nitrogens is 8. The molecule has 16 rings (SSSR count). The van der Waals surface area contributed by atoms with E-state index in [2.05, 4.69) is 40.6 Å². The minimum absolute atomic E-state index is 0.0400. The minimum Gasteiger partial charge on any atom is -0.454 e. The quantitative estimate of drug-likeness (QED) is 0.0401. The van der Waals surface area contributed by atoms with E-state index < -0.39 is 29.7 Å². The fraction of sp³-hybridized carbons (Fsp3) is 0.0455. The van der Waals surface area contributed by atoms with Gasteiger partial charge in [0.15, 0.2) is 49.5 Å². The number of esters is 4. The van der Waals surface area contributed by atoms with Crippen LogP contribution in [0.25, 0.3) is 45.0 Å².